The summed E-state index contributed by atoms with van der Waals surface area (Å²) in [5.74, 6) is -3.54. The van der Waals surface area contributed by atoms with Gasteiger partial charge in [0.25, 0.3) is 0 Å². The first-order valence-electron chi connectivity index (χ1n) is 7.75. The number of carbonyl (C=O) groups excluding carboxylic acids is 3. The number of piperidine rings is 1. The highest BCUT2D eigenvalue weighted by Crippen LogP contribution is 2.64. The molecule has 0 bridgehead atoms. The molecule has 10 heteroatoms. The van der Waals surface area contributed by atoms with Gasteiger partial charge in [-0.15, -0.1) is 0 Å². The number of hydrogen-bond donors (Lipinski definition) is 2. The Morgan fingerprint density at radius 2 is 1.96 bits per heavy atom. The van der Waals surface area contributed by atoms with Gasteiger partial charge in [0, 0.05) is 6.54 Å². The molecule has 4 atom stereocenters. The topological polar surface area (TPSA) is 102 Å². The van der Waals surface area contributed by atoms with Gasteiger partial charge in [0.15, 0.2) is 0 Å². The standard InChI is InChI=1S/C15H19F3N4O3/c1-7(4-19)21-12(24)11-10-8(14(10,2)3)6-22(11)9(23)5-20-13(25)15(16,17)18/h7-8,10-11H,5-6H2,1-3H3,(H,20,25)(H,21,24)/t7-,8?,10-,11-/m0/s1. The number of nitriles is 1. The van der Waals surface area contributed by atoms with E-state index in [0.717, 1.165) is 0 Å². The lowest BCUT2D eigenvalue weighted by Crippen LogP contribution is -2.54. The van der Waals surface area contributed by atoms with Gasteiger partial charge >= 0.3 is 12.1 Å². The Balaban J connectivity index is 2.06. The molecule has 1 aliphatic heterocycles. The minimum absolute atomic E-state index is 0.0582. The van der Waals surface area contributed by atoms with Gasteiger partial charge in [0.2, 0.25) is 11.8 Å². The molecule has 0 aromatic carbocycles. The van der Waals surface area contributed by atoms with Gasteiger partial charge in [0.1, 0.15) is 12.1 Å². The minimum Gasteiger partial charge on any atom is -0.339 e. The van der Waals surface area contributed by atoms with Crippen molar-refractivity contribution < 1.29 is 27.6 Å². The Morgan fingerprint density at radius 3 is 2.48 bits per heavy atom. The lowest BCUT2D eigenvalue weighted by molar-refractivity contribution is -0.174. The van der Waals surface area contributed by atoms with Crippen LogP contribution in [0.15, 0.2) is 0 Å². The zero-order chi connectivity index (χ0) is 19.2. The molecule has 1 unspecified atom stereocenters. The molecule has 2 N–H and O–H groups in total. The van der Waals surface area contributed by atoms with E-state index in [-0.39, 0.29) is 23.8 Å². The number of alkyl halides is 3. The smallest absolute Gasteiger partial charge is 0.339 e. The number of nitrogens with one attached hydrogen (secondary N) is 2. The number of nitrogens with zero attached hydrogens (tertiary/aromatic N) is 2. The summed E-state index contributed by atoms with van der Waals surface area (Å²) in [5.41, 5.74) is -0.163. The SMILES string of the molecule is C[C@@H](C#N)NC(=O)[C@@H]1[C@@H]2C(CN1C(=O)CNC(=O)C(F)(F)F)C2(C)C. The molecule has 1 saturated heterocycles. The van der Waals surface area contributed by atoms with Crippen LogP contribution < -0.4 is 10.6 Å². The third-order valence-corrected chi connectivity index (χ3v) is 5.01. The molecule has 0 aromatic heterocycles. The van der Waals surface area contributed by atoms with Crippen LogP contribution in [-0.4, -0.2) is 54.0 Å². The number of likely N-dealkylation sites (tertiary alicyclic amines) is 1. The number of fused-ring (bicyclic) bond motifs is 1. The predicted octanol–water partition coefficient (Wildman–Crippen LogP) is 0.176. The van der Waals surface area contributed by atoms with Crippen molar-refractivity contribution in [2.75, 3.05) is 13.1 Å². The monoisotopic (exact) mass is 360 g/mol. The summed E-state index contributed by atoms with van der Waals surface area (Å²) in [6.07, 6.45) is -5.07. The van der Waals surface area contributed by atoms with Gasteiger partial charge in [-0.1, -0.05) is 13.8 Å². The largest absolute Gasteiger partial charge is 0.471 e. The molecule has 0 radical (unpaired) electrons. The van der Waals surface area contributed by atoms with E-state index < -0.39 is 42.5 Å². The van der Waals surface area contributed by atoms with Gasteiger partial charge in [-0.2, -0.15) is 18.4 Å². The molecule has 25 heavy (non-hydrogen) atoms. The molecule has 1 aliphatic carbocycles. The molecule has 2 rings (SSSR count). The van der Waals surface area contributed by atoms with Crippen molar-refractivity contribution >= 4 is 17.7 Å². The van der Waals surface area contributed by atoms with E-state index in [0.29, 0.717) is 0 Å². The van der Waals surface area contributed by atoms with E-state index in [9.17, 15) is 27.6 Å². The lowest BCUT2D eigenvalue weighted by atomic mass is 10.00. The number of amides is 3. The van der Waals surface area contributed by atoms with Crippen molar-refractivity contribution in [2.45, 2.75) is 39.0 Å². The fourth-order valence-electron chi connectivity index (χ4n) is 3.53. The summed E-state index contributed by atoms with van der Waals surface area (Å²) in [6, 6.07) is 0.242. The van der Waals surface area contributed by atoms with Crippen molar-refractivity contribution in [1.29, 1.82) is 5.26 Å². The second-order valence-corrected chi connectivity index (χ2v) is 6.98. The fraction of sp³-hybridized carbons (Fsp3) is 0.733. The highest BCUT2D eigenvalue weighted by Gasteiger charge is 2.69. The minimum atomic E-state index is -5.07. The van der Waals surface area contributed by atoms with Crippen LogP contribution in [0.1, 0.15) is 20.8 Å². The van der Waals surface area contributed by atoms with Crippen LogP contribution in [0.5, 0.6) is 0 Å². The average Bonchev–Trinajstić information content (AvgIpc) is 2.88. The number of hydrogen-bond acceptors (Lipinski definition) is 4. The maximum absolute atomic E-state index is 12.4. The van der Waals surface area contributed by atoms with Gasteiger partial charge in [-0.05, 0) is 24.2 Å². The third kappa shape index (κ3) is 3.55. The summed E-state index contributed by atoms with van der Waals surface area (Å²) in [5, 5.41) is 12.8. The Morgan fingerprint density at radius 1 is 1.36 bits per heavy atom. The van der Waals surface area contributed by atoms with Crippen molar-refractivity contribution in [1.82, 2.24) is 15.5 Å². The molecular formula is C15H19F3N4O3. The van der Waals surface area contributed by atoms with E-state index >= 15 is 0 Å². The Bertz CT molecular complexity index is 641. The zero-order valence-electron chi connectivity index (χ0n) is 14.0. The molecule has 7 nitrogen and oxygen atoms in total. The van der Waals surface area contributed by atoms with E-state index in [1.54, 1.807) is 0 Å². The van der Waals surface area contributed by atoms with Gasteiger partial charge in [-0.25, -0.2) is 0 Å². The zero-order valence-corrected chi connectivity index (χ0v) is 14.0. The molecule has 138 valence electrons. The van der Waals surface area contributed by atoms with E-state index in [2.05, 4.69) is 5.32 Å². The highest BCUT2D eigenvalue weighted by molar-refractivity contribution is 5.92. The number of carbonyl (C=O) groups is 3. The first-order valence-corrected chi connectivity index (χ1v) is 7.75. The van der Waals surface area contributed by atoms with Crippen LogP contribution >= 0.6 is 0 Å². The first kappa shape index (κ1) is 19.0. The molecule has 2 aliphatic rings. The van der Waals surface area contributed by atoms with Crippen LogP contribution in [0.25, 0.3) is 0 Å². The predicted molar refractivity (Wildman–Crippen MR) is 78.5 cm³/mol. The average molecular weight is 360 g/mol. The maximum atomic E-state index is 12.4. The molecule has 2 fully saturated rings. The van der Waals surface area contributed by atoms with Crippen molar-refractivity contribution in [3.8, 4) is 6.07 Å². The lowest BCUT2D eigenvalue weighted by Gasteiger charge is -2.30. The second kappa shape index (κ2) is 6.20. The van der Waals surface area contributed by atoms with Crippen LogP contribution in [-0.2, 0) is 14.4 Å². The highest BCUT2D eigenvalue weighted by atomic mass is 19.4. The molecule has 0 aromatic rings. The van der Waals surface area contributed by atoms with Crippen molar-refractivity contribution in [3.05, 3.63) is 0 Å². The summed E-state index contributed by atoms with van der Waals surface area (Å²) < 4.78 is 36.6. The summed E-state index contributed by atoms with van der Waals surface area (Å²) in [7, 11) is 0. The molecular weight excluding hydrogens is 341 g/mol. The van der Waals surface area contributed by atoms with Crippen LogP contribution in [0.4, 0.5) is 13.2 Å². The molecule has 1 heterocycles. The molecule has 0 spiro atoms. The molecule has 3 amide bonds. The van der Waals surface area contributed by atoms with Crippen molar-refractivity contribution in [3.63, 3.8) is 0 Å². The van der Waals surface area contributed by atoms with Gasteiger partial charge in [-0.3, -0.25) is 14.4 Å². The first-order chi connectivity index (χ1) is 11.4. The van der Waals surface area contributed by atoms with Gasteiger partial charge in [0.05, 0.1) is 12.6 Å². The maximum Gasteiger partial charge on any atom is 0.471 e. The number of halogens is 3. The van der Waals surface area contributed by atoms with E-state index in [1.807, 2.05) is 19.9 Å². The van der Waals surface area contributed by atoms with Crippen molar-refractivity contribution in [2.24, 2.45) is 17.3 Å². The summed E-state index contributed by atoms with van der Waals surface area (Å²) >= 11 is 0. The summed E-state index contributed by atoms with van der Waals surface area (Å²) in [4.78, 5) is 36.7. The quantitative estimate of drug-likeness (QED) is 0.746. The van der Waals surface area contributed by atoms with E-state index in [4.69, 9.17) is 5.26 Å². The van der Waals surface area contributed by atoms with Gasteiger partial charge < -0.3 is 15.5 Å². The normalized spacial score (nSPS) is 27.7. The van der Waals surface area contributed by atoms with Crippen LogP contribution in [0, 0.1) is 28.6 Å². The Kier molecular flexibility index (Phi) is 4.72. The van der Waals surface area contributed by atoms with Crippen LogP contribution in [0.3, 0.4) is 0 Å². The van der Waals surface area contributed by atoms with E-state index in [1.165, 1.54) is 17.1 Å². The van der Waals surface area contributed by atoms with Crippen LogP contribution in [0.2, 0.25) is 0 Å². The Hall–Kier alpha value is -2.31. The third-order valence-electron chi connectivity index (χ3n) is 5.01. The Labute approximate surface area is 142 Å². The fourth-order valence-corrected chi connectivity index (χ4v) is 3.53. The second-order valence-electron chi connectivity index (χ2n) is 6.98. The number of rotatable bonds is 4. The molecule has 1 saturated carbocycles. The summed E-state index contributed by atoms with van der Waals surface area (Å²) in [6.45, 7) is 4.78.